The van der Waals surface area contributed by atoms with Crippen molar-refractivity contribution in [1.82, 2.24) is 9.97 Å². The molecule has 0 unspecified atom stereocenters. The summed E-state index contributed by atoms with van der Waals surface area (Å²) in [5.74, 6) is 0.827. The van der Waals surface area contributed by atoms with E-state index in [0.29, 0.717) is 5.76 Å². The molecule has 6 nitrogen and oxygen atoms in total. The third-order valence-electron chi connectivity index (χ3n) is 5.64. The fourth-order valence-corrected chi connectivity index (χ4v) is 5.50. The lowest BCUT2D eigenvalue weighted by molar-refractivity contribution is 0.0997. The molecule has 4 aromatic heterocycles. The Morgan fingerprint density at radius 3 is 2.78 bits per heavy atom. The van der Waals surface area contributed by atoms with Crippen molar-refractivity contribution in [1.29, 1.82) is 0 Å². The fraction of sp³-hybridized carbons (Fsp3) is 0.240. The maximum absolute atomic E-state index is 12.9. The van der Waals surface area contributed by atoms with Gasteiger partial charge in [0.1, 0.15) is 10.8 Å². The van der Waals surface area contributed by atoms with E-state index in [0.717, 1.165) is 47.0 Å². The second-order valence-electron chi connectivity index (χ2n) is 7.88. The lowest BCUT2D eigenvalue weighted by Crippen LogP contribution is -2.19. The lowest BCUT2D eigenvalue weighted by Gasteiger charge is -2.23. The molecule has 1 amide bonds. The van der Waals surface area contributed by atoms with Crippen LogP contribution in [0.25, 0.3) is 0 Å². The maximum Gasteiger partial charge on any atom is 0.291 e. The molecule has 4 heterocycles. The average Bonchev–Trinajstić information content (AvgIpc) is 3.46. The zero-order chi connectivity index (χ0) is 21.9. The highest BCUT2D eigenvalue weighted by atomic mass is 32.1. The number of rotatable bonds is 6. The summed E-state index contributed by atoms with van der Waals surface area (Å²) < 4.78 is 5.32. The minimum absolute atomic E-state index is 0.240. The van der Waals surface area contributed by atoms with Gasteiger partial charge in [-0.3, -0.25) is 9.78 Å². The van der Waals surface area contributed by atoms with Gasteiger partial charge in [0.2, 0.25) is 0 Å². The molecule has 1 aliphatic rings. The first-order chi connectivity index (χ1) is 15.7. The molecule has 0 aliphatic heterocycles. The van der Waals surface area contributed by atoms with Gasteiger partial charge in [0.25, 0.3) is 5.91 Å². The zero-order valence-corrected chi connectivity index (χ0v) is 18.6. The number of aryl methyl sites for hydroxylation is 2. The quantitative estimate of drug-likeness (QED) is 0.394. The van der Waals surface area contributed by atoms with Crippen molar-refractivity contribution in [3.63, 3.8) is 0 Å². The third kappa shape index (κ3) is 4.16. The van der Waals surface area contributed by atoms with E-state index in [1.165, 1.54) is 23.1 Å². The highest BCUT2D eigenvalue weighted by Gasteiger charge is 2.30. The molecular weight excluding hydrogens is 420 g/mol. The van der Waals surface area contributed by atoms with Gasteiger partial charge in [-0.15, -0.1) is 11.3 Å². The smallest absolute Gasteiger partial charge is 0.291 e. The summed E-state index contributed by atoms with van der Waals surface area (Å²) in [5, 5.41) is 7.55. The van der Waals surface area contributed by atoms with Gasteiger partial charge in [-0.2, -0.15) is 0 Å². The van der Waals surface area contributed by atoms with Crippen LogP contribution in [0.3, 0.4) is 0 Å². The molecule has 2 N–H and O–H groups in total. The van der Waals surface area contributed by atoms with Crippen molar-refractivity contribution >= 4 is 28.1 Å². The van der Waals surface area contributed by atoms with Crippen molar-refractivity contribution in [2.75, 3.05) is 10.6 Å². The number of fused-ring (bicyclic) bond motifs is 1. The number of nitrogens with one attached hydrogen (secondary N) is 2. The number of pyridine rings is 2. The monoisotopic (exact) mass is 444 g/mol. The summed E-state index contributed by atoms with van der Waals surface area (Å²) in [6, 6.07) is 15.0. The van der Waals surface area contributed by atoms with E-state index in [2.05, 4.69) is 20.6 Å². The molecule has 1 atom stereocenters. The van der Waals surface area contributed by atoms with Gasteiger partial charge < -0.3 is 15.1 Å². The molecule has 0 radical (unpaired) electrons. The van der Waals surface area contributed by atoms with Crippen molar-refractivity contribution in [3.8, 4) is 0 Å². The van der Waals surface area contributed by atoms with Crippen LogP contribution in [-0.2, 0) is 12.8 Å². The van der Waals surface area contributed by atoms with Gasteiger partial charge in [-0.25, -0.2) is 4.98 Å². The number of carbonyl (C=O) groups is 1. The molecule has 162 valence electrons. The number of anilines is 2. The van der Waals surface area contributed by atoms with Crippen molar-refractivity contribution < 1.29 is 9.21 Å². The number of hydrogen-bond acceptors (Lipinski definition) is 6. The molecule has 1 aliphatic carbocycles. The molecule has 5 rings (SSSR count). The number of nitrogens with zero attached hydrogens (tertiary/aromatic N) is 2. The Kier molecular flexibility index (Phi) is 5.73. The Labute approximate surface area is 190 Å². The molecule has 4 aromatic rings. The first-order valence-electron chi connectivity index (χ1n) is 10.8. The van der Waals surface area contributed by atoms with Crippen LogP contribution in [-0.4, -0.2) is 15.9 Å². The standard InChI is InChI=1S/C25H24N4O2S/c1-16-8-6-13-21(27-16)28-23(18-10-4-5-14-26-18)22-17-9-2-3-12-20(17)32-25(22)29-24(30)19-11-7-15-31-19/h4-8,10-11,13-15,23H,2-3,9,12H2,1H3,(H,27,28)(H,29,30)/t23-/m1/s1. The SMILES string of the molecule is Cc1cccc(N[C@H](c2ccccn2)c2c(NC(=O)c3ccco3)sc3c2CCCC3)n1. The van der Waals surface area contributed by atoms with E-state index in [1.807, 2.05) is 43.3 Å². The molecular formula is C25H24N4O2S. The number of amides is 1. The van der Waals surface area contributed by atoms with Gasteiger partial charge in [-0.1, -0.05) is 12.1 Å². The molecule has 0 saturated carbocycles. The van der Waals surface area contributed by atoms with Crippen LogP contribution < -0.4 is 10.6 Å². The fourth-order valence-electron chi connectivity index (χ4n) is 4.17. The molecule has 0 aromatic carbocycles. The Hall–Kier alpha value is -3.45. The lowest BCUT2D eigenvalue weighted by atomic mass is 9.91. The largest absolute Gasteiger partial charge is 0.459 e. The van der Waals surface area contributed by atoms with Gasteiger partial charge in [-0.05, 0) is 74.6 Å². The number of aromatic nitrogens is 2. The maximum atomic E-state index is 12.9. The second kappa shape index (κ2) is 8.96. The topological polar surface area (TPSA) is 80.0 Å². The van der Waals surface area contributed by atoms with Crippen LogP contribution in [0.4, 0.5) is 10.8 Å². The number of furan rings is 1. The first-order valence-corrected chi connectivity index (χ1v) is 11.6. The molecule has 0 saturated heterocycles. The van der Waals surface area contributed by atoms with Gasteiger partial charge in [0.15, 0.2) is 5.76 Å². The minimum atomic E-state index is -0.247. The van der Waals surface area contributed by atoms with Crippen molar-refractivity contribution in [3.05, 3.63) is 94.1 Å². The van der Waals surface area contributed by atoms with Gasteiger partial charge >= 0.3 is 0 Å². The van der Waals surface area contributed by atoms with Crippen LogP contribution in [0, 0.1) is 6.92 Å². The molecule has 0 fully saturated rings. The normalized spacial score (nSPS) is 13.9. The Bertz CT molecular complexity index is 1220. The van der Waals surface area contributed by atoms with E-state index in [-0.39, 0.29) is 11.9 Å². The molecule has 0 spiro atoms. The summed E-state index contributed by atoms with van der Waals surface area (Å²) in [6.45, 7) is 1.97. The summed E-state index contributed by atoms with van der Waals surface area (Å²) in [4.78, 5) is 23.5. The Morgan fingerprint density at radius 2 is 2.00 bits per heavy atom. The Morgan fingerprint density at radius 1 is 1.09 bits per heavy atom. The van der Waals surface area contributed by atoms with Crippen LogP contribution in [0.1, 0.15) is 56.8 Å². The predicted octanol–water partition coefficient (Wildman–Crippen LogP) is 5.77. The van der Waals surface area contributed by atoms with E-state index < -0.39 is 0 Å². The summed E-state index contributed by atoms with van der Waals surface area (Å²) in [7, 11) is 0. The molecule has 0 bridgehead atoms. The summed E-state index contributed by atoms with van der Waals surface area (Å²) in [6.07, 6.45) is 7.63. The highest BCUT2D eigenvalue weighted by Crippen LogP contribution is 2.44. The first kappa shape index (κ1) is 20.5. The zero-order valence-electron chi connectivity index (χ0n) is 17.8. The van der Waals surface area contributed by atoms with E-state index >= 15 is 0 Å². The highest BCUT2D eigenvalue weighted by molar-refractivity contribution is 7.16. The van der Waals surface area contributed by atoms with Crippen LogP contribution in [0.15, 0.2) is 65.4 Å². The van der Waals surface area contributed by atoms with Gasteiger partial charge in [0.05, 0.1) is 18.0 Å². The Balaban J connectivity index is 1.61. The van der Waals surface area contributed by atoms with Crippen molar-refractivity contribution in [2.45, 2.75) is 38.6 Å². The van der Waals surface area contributed by atoms with E-state index in [4.69, 9.17) is 4.42 Å². The van der Waals surface area contributed by atoms with Crippen LogP contribution >= 0.6 is 11.3 Å². The average molecular weight is 445 g/mol. The van der Waals surface area contributed by atoms with Crippen LogP contribution in [0.2, 0.25) is 0 Å². The third-order valence-corrected chi connectivity index (χ3v) is 6.86. The minimum Gasteiger partial charge on any atom is -0.459 e. The summed E-state index contributed by atoms with van der Waals surface area (Å²) >= 11 is 1.66. The summed E-state index contributed by atoms with van der Waals surface area (Å²) in [5.41, 5.74) is 4.21. The van der Waals surface area contributed by atoms with E-state index in [1.54, 1.807) is 29.7 Å². The van der Waals surface area contributed by atoms with Crippen molar-refractivity contribution in [2.24, 2.45) is 0 Å². The molecule has 32 heavy (non-hydrogen) atoms. The number of thiophene rings is 1. The number of hydrogen-bond donors (Lipinski definition) is 2. The van der Waals surface area contributed by atoms with Crippen LogP contribution in [0.5, 0.6) is 0 Å². The number of carbonyl (C=O) groups excluding carboxylic acids is 1. The van der Waals surface area contributed by atoms with E-state index in [9.17, 15) is 4.79 Å². The molecule has 7 heteroatoms. The van der Waals surface area contributed by atoms with Gasteiger partial charge in [0, 0.05) is 22.3 Å². The second-order valence-corrected chi connectivity index (χ2v) is 8.99. The predicted molar refractivity (Wildman–Crippen MR) is 126 cm³/mol.